The highest BCUT2D eigenvalue weighted by molar-refractivity contribution is 6.12. The van der Waals surface area contributed by atoms with Gasteiger partial charge in [-0.3, -0.25) is 0 Å². The lowest BCUT2D eigenvalue weighted by molar-refractivity contribution is -0.137. The highest BCUT2D eigenvalue weighted by Gasteiger charge is 2.36. The van der Waals surface area contributed by atoms with Crippen LogP contribution in [0.4, 0.5) is 13.2 Å². The first-order chi connectivity index (χ1) is 22.2. The Morgan fingerprint density at radius 1 is 0.543 bits per heavy atom. The third-order valence-electron chi connectivity index (χ3n) is 8.86. The summed E-state index contributed by atoms with van der Waals surface area (Å²) >= 11 is 0. The van der Waals surface area contributed by atoms with Crippen LogP contribution in [0.1, 0.15) is 22.3 Å². The predicted octanol–water partition coefficient (Wildman–Crippen LogP) is 11.1. The minimum Gasteiger partial charge on any atom is -0.307 e. The van der Waals surface area contributed by atoms with Crippen LogP contribution in [0.2, 0.25) is 0 Å². The second kappa shape index (κ2) is 10.1. The Bertz CT molecular complexity index is 2560. The van der Waals surface area contributed by atoms with E-state index in [0.717, 1.165) is 54.7 Å². The van der Waals surface area contributed by atoms with Crippen LogP contribution < -0.4 is 0 Å². The number of benzene rings is 6. The topological polar surface area (TPSA) is 33.6 Å². The molecule has 0 N–H and O–H groups in total. The number of para-hydroxylation sites is 2. The molecule has 8 aromatic rings. The minimum atomic E-state index is -4.67. The first-order valence-electron chi connectivity index (χ1n) is 15.0. The summed E-state index contributed by atoms with van der Waals surface area (Å²) in [6, 6.07) is 39.5. The van der Waals surface area contributed by atoms with Crippen LogP contribution >= 0.6 is 0 Å². The van der Waals surface area contributed by atoms with E-state index >= 15 is 13.2 Å². The van der Waals surface area contributed by atoms with Gasteiger partial charge in [-0.2, -0.15) is 18.4 Å². The first-order valence-corrected chi connectivity index (χ1v) is 15.0. The minimum absolute atomic E-state index is 0.0120. The van der Waals surface area contributed by atoms with Gasteiger partial charge in [0.25, 0.3) is 0 Å². The number of hydrogen-bond acceptors (Lipinski definition) is 1. The standard InChI is InChI=1S/C40H26F3N3/c1-24-14-16-36-31(18-24)28-10-3-5-12-34(28)45(36)38-21-30(27-9-7-8-26(20-27)23-44)33(40(41,42)43)22-39(38)46-35-13-6-4-11-29(35)32-19-25(2)15-17-37(32)46/h3-22H,1-2H3. The molecule has 0 radical (unpaired) electrons. The van der Waals surface area contributed by atoms with E-state index in [9.17, 15) is 5.26 Å². The van der Waals surface area contributed by atoms with Crippen molar-refractivity contribution < 1.29 is 13.2 Å². The van der Waals surface area contributed by atoms with E-state index in [-0.39, 0.29) is 5.56 Å². The largest absolute Gasteiger partial charge is 0.417 e. The van der Waals surface area contributed by atoms with Crippen molar-refractivity contribution in [3.8, 4) is 28.6 Å². The van der Waals surface area contributed by atoms with Crippen LogP contribution in [0.25, 0.3) is 66.1 Å². The van der Waals surface area contributed by atoms with Crippen molar-refractivity contribution >= 4 is 43.6 Å². The van der Waals surface area contributed by atoms with Crippen LogP contribution in [0, 0.1) is 25.2 Å². The SMILES string of the molecule is Cc1ccc2c(c1)c1ccccc1n2-c1cc(-c2cccc(C#N)c2)c(C(F)(F)F)cc1-n1c2ccccc2c2cc(C)ccc21. The molecule has 6 heteroatoms. The van der Waals surface area contributed by atoms with E-state index in [1.165, 1.54) is 12.1 Å². The zero-order valence-corrected chi connectivity index (χ0v) is 25.0. The lowest BCUT2D eigenvalue weighted by Gasteiger charge is -2.22. The van der Waals surface area contributed by atoms with Gasteiger partial charge >= 0.3 is 6.18 Å². The van der Waals surface area contributed by atoms with Gasteiger partial charge in [0.15, 0.2) is 0 Å². The third kappa shape index (κ3) is 4.20. The normalized spacial score (nSPS) is 12.0. The molecule has 6 aromatic carbocycles. The van der Waals surface area contributed by atoms with Crippen molar-refractivity contribution in [1.29, 1.82) is 5.26 Å². The van der Waals surface area contributed by atoms with Gasteiger partial charge < -0.3 is 9.13 Å². The third-order valence-corrected chi connectivity index (χ3v) is 8.86. The van der Waals surface area contributed by atoms with Gasteiger partial charge in [0, 0.05) is 21.5 Å². The number of fused-ring (bicyclic) bond motifs is 6. The predicted molar refractivity (Wildman–Crippen MR) is 180 cm³/mol. The van der Waals surface area contributed by atoms with Crippen LogP contribution in [-0.4, -0.2) is 9.13 Å². The van der Waals surface area contributed by atoms with Gasteiger partial charge in [-0.25, -0.2) is 0 Å². The molecule has 222 valence electrons. The molecule has 0 amide bonds. The summed E-state index contributed by atoms with van der Waals surface area (Å²) in [7, 11) is 0. The van der Waals surface area contributed by atoms with E-state index in [4.69, 9.17) is 0 Å². The maximum atomic E-state index is 15.2. The Balaban J connectivity index is 1.60. The number of alkyl halides is 3. The monoisotopic (exact) mass is 605 g/mol. The van der Waals surface area contributed by atoms with Crippen molar-refractivity contribution in [3.05, 3.63) is 144 Å². The van der Waals surface area contributed by atoms with Crippen LogP contribution in [0.3, 0.4) is 0 Å². The van der Waals surface area contributed by atoms with E-state index in [1.54, 1.807) is 24.3 Å². The van der Waals surface area contributed by atoms with Gasteiger partial charge in [0.05, 0.1) is 50.6 Å². The molecule has 3 nitrogen and oxygen atoms in total. The van der Waals surface area contributed by atoms with E-state index in [2.05, 4.69) is 28.8 Å². The molecule has 0 unspecified atom stereocenters. The molecule has 0 aliphatic rings. The summed E-state index contributed by atoms with van der Waals surface area (Å²) in [5.74, 6) is 0. The molecular formula is C40H26F3N3. The maximum Gasteiger partial charge on any atom is 0.417 e. The molecule has 0 aliphatic heterocycles. The van der Waals surface area contributed by atoms with Gasteiger partial charge in [0.2, 0.25) is 0 Å². The summed E-state index contributed by atoms with van der Waals surface area (Å²) in [5.41, 5.74) is 6.44. The van der Waals surface area contributed by atoms with Crippen molar-refractivity contribution in [1.82, 2.24) is 9.13 Å². The molecule has 2 heterocycles. The number of halogens is 3. The molecule has 0 fully saturated rings. The molecule has 2 aromatic heterocycles. The summed E-state index contributed by atoms with van der Waals surface area (Å²) < 4.78 is 49.5. The molecule has 46 heavy (non-hydrogen) atoms. The van der Waals surface area contributed by atoms with Gasteiger partial charge in [-0.1, -0.05) is 71.8 Å². The fraction of sp³-hybridized carbons (Fsp3) is 0.0750. The van der Waals surface area contributed by atoms with E-state index in [0.29, 0.717) is 22.5 Å². The molecule has 0 saturated heterocycles. The molecule has 0 spiro atoms. The number of nitrogens with zero attached hydrogens (tertiary/aromatic N) is 3. The number of aryl methyl sites for hydroxylation is 2. The number of rotatable bonds is 3. The highest BCUT2D eigenvalue weighted by atomic mass is 19.4. The average molecular weight is 606 g/mol. The molecular weight excluding hydrogens is 579 g/mol. The second-order valence-corrected chi connectivity index (χ2v) is 11.8. The Labute approximate surface area is 263 Å². The first kappa shape index (κ1) is 27.7. The zero-order chi connectivity index (χ0) is 31.7. The Morgan fingerprint density at radius 3 is 1.61 bits per heavy atom. The number of aromatic nitrogens is 2. The fourth-order valence-electron chi connectivity index (χ4n) is 6.86. The van der Waals surface area contributed by atoms with Crippen molar-refractivity contribution in [3.63, 3.8) is 0 Å². The highest BCUT2D eigenvalue weighted by Crippen LogP contribution is 2.45. The number of hydrogen-bond donors (Lipinski definition) is 0. The smallest absolute Gasteiger partial charge is 0.307 e. The Morgan fingerprint density at radius 2 is 1.07 bits per heavy atom. The molecule has 0 aliphatic carbocycles. The van der Waals surface area contributed by atoms with Gasteiger partial charge in [-0.15, -0.1) is 0 Å². The van der Waals surface area contributed by atoms with Gasteiger partial charge in [0.1, 0.15) is 0 Å². The van der Waals surface area contributed by atoms with Crippen molar-refractivity contribution in [2.75, 3.05) is 0 Å². The Hall–Kier alpha value is -5.80. The average Bonchev–Trinajstić information content (AvgIpc) is 3.56. The second-order valence-electron chi connectivity index (χ2n) is 11.8. The lowest BCUT2D eigenvalue weighted by Crippen LogP contribution is -2.12. The molecule has 0 saturated carbocycles. The molecule has 0 bridgehead atoms. The summed E-state index contributed by atoms with van der Waals surface area (Å²) in [4.78, 5) is 0. The summed E-state index contributed by atoms with van der Waals surface area (Å²) in [6.07, 6.45) is -4.67. The van der Waals surface area contributed by atoms with Crippen LogP contribution in [-0.2, 0) is 6.18 Å². The van der Waals surface area contributed by atoms with E-state index < -0.39 is 11.7 Å². The van der Waals surface area contributed by atoms with Crippen LogP contribution in [0.5, 0.6) is 0 Å². The van der Waals surface area contributed by atoms with Crippen molar-refractivity contribution in [2.24, 2.45) is 0 Å². The quantitative estimate of drug-likeness (QED) is 0.197. The Kier molecular flexibility index (Phi) is 6.10. The van der Waals surface area contributed by atoms with E-state index in [1.807, 2.05) is 85.1 Å². The maximum absolute atomic E-state index is 15.2. The zero-order valence-electron chi connectivity index (χ0n) is 25.0. The summed E-state index contributed by atoms with van der Waals surface area (Å²) in [5, 5.41) is 13.6. The molecule has 8 rings (SSSR count). The lowest BCUT2D eigenvalue weighted by atomic mass is 9.95. The molecule has 0 atom stereocenters. The van der Waals surface area contributed by atoms with Crippen molar-refractivity contribution in [2.45, 2.75) is 20.0 Å². The summed E-state index contributed by atoms with van der Waals surface area (Å²) in [6.45, 7) is 4.05. The number of nitriles is 1. The fourth-order valence-corrected chi connectivity index (χ4v) is 6.86. The van der Waals surface area contributed by atoms with Gasteiger partial charge in [-0.05, 0) is 85.6 Å². The van der Waals surface area contributed by atoms with Crippen LogP contribution in [0.15, 0.2) is 121 Å².